The molecule has 0 radical (unpaired) electrons. The second-order valence-corrected chi connectivity index (χ2v) is 7.79. The molecule has 1 heterocycles. The van der Waals surface area contributed by atoms with E-state index in [-0.39, 0.29) is 24.3 Å². The topological polar surface area (TPSA) is 77.2 Å². The number of hydrogen-bond acceptors (Lipinski definition) is 6. The molecule has 1 aromatic heterocycles. The van der Waals surface area contributed by atoms with Gasteiger partial charge in [-0.1, -0.05) is 43.1 Å². The van der Waals surface area contributed by atoms with Crippen molar-refractivity contribution in [1.82, 2.24) is 15.5 Å². The quantitative estimate of drug-likeness (QED) is 0.711. The Hall–Kier alpha value is -1.73. The second kappa shape index (κ2) is 9.28. The van der Waals surface area contributed by atoms with Gasteiger partial charge in [0.05, 0.1) is 5.75 Å². The van der Waals surface area contributed by atoms with Crippen molar-refractivity contribution in [3.63, 3.8) is 0 Å². The maximum absolute atomic E-state index is 12.1. The number of ether oxygens (including phenoxy) is 1. The van der Waals surface area contributed by atoms with Crippen molar-refractivity contribution in [3.05, 3.63) is 35.2 Å². The summed E-state index contributed by atoms with van der Waals surface area (Å²) in [4.78, 5) is 12.1. The Morgan fingerprint density at radius 1 is 1.31 bits per heavy atom. The molecule has 0 aliphatic heterocycles. The minimum atomic E-state index is 0.00548. The number of thioether (sulfide) groups is 1. The fourth-order valence-electron chi connectivity index (χ4n) is 2.94. The monoisotopic (exact) mass is 395 g/mol. The number of hydrogen-bond donors (Lipinski definition) is 1. The van der Waals surface area contributed by atoms with Crippen molar-refractivity contribution in [2.24, 2.45) is 5.92 Å². The first-order valence-electron chi connectivity index (χ1n) is 8.73. The highest BCUT2D eigenvalue weighted by Crippen LogP contribution is 2.24. The second-order valence-electron chi connectivity index (χ2n) is 6.43. The molecule has 1 aliphatic rings. The van der Waals surface area contributed by atoms with E-state index >= 15 is 0 Å². The molecule has 8 heteroatoms. The van der Waals surface area contributed by atoms with E-state index in [0.717, 1.165) is 6.42 Å². The molecule has 2 atom stereocenters. The van der Waals surface area contributed by atoms with Gasteiger partial charge in [0.2, 0.25) is 5.91 Å². The van der Waals surface area contributed by atoms with Gasteiger partial charge in [-0.2, -0.15) is 0 Å². The van der Waals surface area contributed by atoms with Crippen molar-refractivity contribution in [1.29, 1.82) is 0 Å². The Kier molecular flexibility index (Phi) is 6.80. The van der Waals surface area contributed by atoms with Crippen LogP contribution in [0.1, 0.15) is 38.5 Å². The van der Waals surface area contributed by atoms with Crippen LogP contribution in [0.5, 0.6) is 5.75 Å². The van der Waals surface area contributed by atoms with Crippen LogP contribution >= 0.6 is 23.4 Å². The smallest absolute Gasteiger partial charge is 0.277 e. The maximum atomic E-state index is 12.1. The third-order valence-corrected chi connectivity index (χ3v) is 5.48. The van der Waals surface area contributed by atoms with Crippen LogP contribution in [0.15, 0.2) is 33.9 Å². The van der Waals surface area contributed by atoms with Gasteiger partial charge in [-0.05, 0) is 43.0 Å². The Morgan fingerprint density at radius 3 is 2.85 bits per heavy atom. The number of benzene rings is 1. The summed E-state index contributed by atoms with van der Waals surface area (Å²) in [5, 5.41) is 12.0. The summed E-state index contributed by atoms with van der Waals surface area (Å²) >= 11 is 7.07. The molecule has 1 aromatic carbocycles. The van der Waals surface area contributed by atoms with Gasteiger partial charge in [0.15, 0.2) is 6.61 Å². The lowest BCUT2D eigenvalue weighted by atomic mass is 9.86. The molecule has 1 aliphatic carbocycles. The molecular formula is C18H22ClN3O3S. The molecule has 3 rings (SSSR count). The lowest BCUT2D eigenvalue weighted by molar-refractivity contribution is -0.119. The molecule has 0 bridgehead atoms. The summed E-state index contributed by atoms with van der Waals surface area (Å²) < 4.78 is 11.1. The van der Waals surface area contributed by atoms with E-state index in [1.54, 1.807) is 24.3 Å². The maximum Gasteiger partial charge on any atom is 0.277 e. The van der Waals surface area contributed by atoms with E-state index < -0.39 is 0 Å². The molecule has 1 amide bonds. The van der Waals surface area contributed by atoms with Crippen LogP contribution in [-0.4, -0.2) is 27.9 Å². The molecule has 140 valence electrons. The van der Waals surface area contributed by atoms with Crippen LogP contribution in [0.25, 0.3) is 0 Å². The van der Waals surface area contributed by atoms with Crippen LogP contribution in [0.2, 0.25) is 5.02 Å². The largest absolute Gasteiger partial charge is 0.484 e. The lowest BCUT2D eigenvalue weighted by Crippen LogP contribution is -2.41. The van der Waals surface area contributed by atoms with Crippen LogP contribution in [-0.2, 0) is 11.4 Å². The number of nitrogens with zero attached hydrogens (tertiary/aromatic N) is 2. The minimum absolute atomic E-state index is 0.00548. The zero-order valence-electron chi connectivity index (χ0n) is 14.6. The third-order valence-electron chi connectivity index (χ3n) is 4.41. The first kappa shape index (κ1) is 19.0. The van der Waals surface area contributed by atoms with Crippen LogP contribution in [0, 0.1) is 5.92 Å². The number of carbonyl (C=O) groups excluding carboxylic acids is 1. The molecule has 1 saturated carbocycles. The van der Waals surface area contributed by atoms with E-state index in [1.807, 2.05) is 0 Å². The lowest BCUT2D eigenvalue weighted by Gasteiger charge is -2.29. The Labute approximate surface area is 162 Å². The zero-order valence-corrected chi connectivity index (χ0v) is 16.2. The molecule has 2 aromatic rings. The van der Waals surface area contributed by atoms with E-state index in [9.17, 15) is 4.79 Å². The molecule has 1 N–H and O–H groups in total. The average molecular weight is 396 g/mol. The van der Waals surface area contributed by atoms with Crippen LogP contribution < -0.4 is 10.1 Å². The van der Waals surface area contributed by atoms with Crippen LogP contribution in [0.4, 0.5) is 0 Å². The fourth-order valence-corrected chi connectivity index (χ4v) is 3.65. The van der Waals surface area contributed by atoms with Gasteiger partial charge in [0.1, 0.15) is 5.75 Å². The predicted octanol–water partition coefficient (Wildman–Crippen LogP) is 4.09. The molecular weight excluding hydrogens is 374 g/mol. The van der Waals surface area contributed by atoms with Gasteiger partial charge in [-0.25, -0.2) is 0 Å². The molecule has 6 nitrogen and oxygen atoms in total. The molecule has 0 saturated heterocycles. The minimum Gasteiger partial charge on any atom is -0.484 e. The molecule has 26 heavy (non-hydrogen) atoms. The summed E-state index contributed by atoms with van der Waals surface area (Å²) in [5.41, 5.74) is 0. The van der Waals surface area contributed by atoms with Crippen molar-refractivity contribution in [2.45, 2.75) is 50.5 Å². The SMILES string of the molecule is C[C@@H]1CCCC[C@@H]1NC(=O)CSc1nnc(COc2ccc(Cl)cc2)o1. The molecule has 1 fully saturated rings. The van der Waals surface area contributed by atoms with Gasteiger partial charge < -0.3 is 14.5 Å². The number of aromatic nitrogens is 2. The van der Waals surface area contributed by atoms with Crippen molar-refractivity contribution < 1.29 is 13.9 Å². The fraction of sp³-hybridized carbons (Fsp3) is 0.500. The average Bonchev–Trinajstić information content (AvgIpc) is 3.09. The Balaban J connectivity index is 1.41. The molecule has 0 unspecified atom stereocenters. The number of amides is 1. The van der Waals surface area contributed by atoms with Gasteiger partial charge in [0, 0.05) is 11.1 Å². The summed E-state index contributed by atoms with van der Waals surface area (Å²) in [6.07, 6.45) is 4.68. The van der Waals surface area contributed by atoms with E-state index in [4.69, 9.17) is 20.8 Å². The summed E-state index contributed by atoms with van der Waals surface area (Å²) in [6.45, 7) is 2.36. The number of halogens is 1. The van der Waals surface area contributed by atoms with Crippen molar-refractivity contribution in [3.8, 4) is 5.75 Å². The van der Waals surface area contributed by atoms with Crippen LogP contribution in [0.3, 0.4) is 0 Å². The van der Waals surface area contributed by atoms with Gasteiger partial charge >= 0.3 is 0 Å². The number of carbonyl (C=O) groups is 1. The van der Waals surface area contributed by atoms with E-state index in [1.165, 1.54) is 31.0 Å². The van der Waals surface area contributed by atoms with E-state index in [2.05, 4.69) is 22.4 Å². The van der Waals surface area contributed by atoms with Crippen molar-refractivity contribution >= 4 is 29.3 Å². The standard InChI is InChI=1S/C18H22ClN3O3S/c1-12-4-2-3-5-15(12)20-16(23)11-26-18-22-21-17(25-18)10-24-14-8-6-13(19)7-9-14/h6-9,12,15H,2-5,10-11H2,1H3,(H,20,23)/t12-,15+/m1/s1. The first-order chi connectivity index (χ1) is 12.6. The van der Waals surface area contributed by atoms with E-state index in [0.29, 0.717) is 27.8 Å². The first-order valence-corrected chi connectivity index (χ1v) is 10.1. The van der Waals surface area contributed by atoms with Gasteiger partial charge in [-0.15, -0.1) is 10.2 Å². The zero-order chi connectivity index (χ0) is 18.4. The highest BCUT2D eigenvalue weighted by atomic mass is 35.5. The van der Waals surface area contributed by atoms with Crippen molar-refractivity contribution in [2.75, 3.05) is 5.75 Å². The third kappa shape index (κ3) is 5.64. The summed E-state index contributed by atoms with van der Waals surface area (Å²) in [5.74, 6) is 1.85. The highest BCUT2D eigenvalue weighted by Gasteiger charge is 2.23. The highest BCUT2D eigenvalue weighted by molar-refractivity contribution is 7.99. The predicted molar refractivity (Wildman–Crippen MR) is 100 cm³/mol. The van der Waals surface area contributed by atoms with Gasteiger partial charge in [-0.3, -0.25) is 4.79 Å². The summed E-state index contributed by atoms with van der Waals surface area (Å²) in [7, 11) is 0. The Bertz CT molecular complexity index is 723. The van der Waals surface area contributed by atoms with Gasteiger partial charge in [0.25, 0.3) is 11.1 Å². The Morgan fingerprint density at radius 2 is 2.08 bits per heavy atom. The number of rotatable bonds is 7. The number of nitrogens with one attached hydrogen (secondary N) is 1. The summed E-state index contributed by atoms with van der Waals surface area (Å²) in [6, 6.07) is 7.31. The molecule has 0 spiro atoms. The normalized spacial score (nSPS) is 19.9.